The first-order valence-corrected chi connectivity index (χ1v) is 6.65. The van der Waals surface area contributed by atoms with Gasteiger partial charge in [0.05, 0.1) is 0 Å². The van der Waals surface area contributed by atoms with Crippen molar-refractivity contribution in [1.82, 2.24) is 4.98 Å². The number of fused-ring (bicyclic) bond motifs is 1. The number of aromatic amines is 1. The number of hydrogen-bond acceptors (Lipinski definition) is 2. The van der Waals surface area contributed by atoms with Gasteiger partial charge in [-0.15, -0.1) is 0 Å². The highest BCUT2D eigenvalue weighted by Gasteiger charge is 2.46. The molecule has 3 heteroatoms. The summed E-state index contributed by atoms with van der Waals surface area (Å²) in [6.45, 7) is 0. The van der Waals surface area contributed by atoms with Gasteiger partial charge in [0.2, 0.25) is 0 Å². The molecule has 2 atom stereocenters. The number of carbonyl (C=O) groups is 1. The smallest absolute Gasteiger partial charge is 0.196 e. The van der Waals surface area contributed by atoms with Crippen molar-refractivity contribution >= 4 is 16.7 Å². The van der Waals surface area contributed by atoms with Crippen LogP contribution in [0, 0.1) is 0 Å². The van der Waals surface area contributed by atoms with E-state index in [9.17, 15) is 4.79 Å². The molecule has 1 saturated heterocycles. The first kappa shape index (κ1) is 11.4. The summed E-state index contributed by atoms with van der Waals surface area (Å²) in [7, 11) is 0. The van der Waals surface area contributed by atoms with E-state index in [1.54, 1.807) is 6.20 Å². The highest BCUT2D eigenvalue weighted by Crippen LogP contribution is 2.41. The van der Waals surface area contributed by atoms with Crippen molar-refractivity contribution in [2.75, 3.05) is 0 Å². The Labute approximate surface area is 116 Å². The van der Waals surface area contributed by atoms with Crippen LogP contribution in [0.1, 0.15) is 22.0 Å². The Morgan fingerprint density at radius 1 is 1.00 bits per heavy atom. The molecule has 0 unspecified atom stereocenters. The van der Waals surface area contributed by atoms with Crippen LogP contribution in [-0.2, 0) is 4.74 Å². The normalized spacial score (nSPS) is 21.0. The highest BCUT2D eigenvalue weighted by atomic mass is 16.6. The summed E-state index contributed by atoms with van der Waals surface area (Å²) in [6, 6.07) is 17.7. The molecule has 0 amide bonds. The van der Waals surface area contributed by atoms with E-state index < -0.39 is 0 Å². The van der Waals surface area contributed by atoms with Crippen LogP contribution >= 0.6 is 0 Å². The number of aromatic nitrogens is 1. The molecule has 98 valence electrons. The fourth-order valence-corrected chi connectivity index (χ4v) is 2.64. The van der Waals surface area contributed by atoms with Gasteiger partial charge in [-0.2, -0.15) is 0 Å². The van der Waals surface area contributed by atoms with E-state index in [2.05, 4.69) is 4.98 Å². The summed E-state index contributed by atoms with van der Waals surface area (Å²) in [6.07, 6.45) is 1.32. The topological polar surface area (TPSA) is 45.4 Å². The van der Waals surface area contributed by atoms with Crippen LogP contribution in [0.5, 0.6) is 0 Å². The Morgan fingerprint density at radius 2 is 1.75 bits per heavy atom. The molecule has 1 N–H and O–H groups in total. The number of ketones is 1. The van der Waals surface area contributed by atoms with Crippen molar-refractivity contribution in [2.24, 2.45) is 0 Å². The average Bonchev–Trinajstić information content (AvgIpc) is 3.20. The fourth-order valence-electron chi connectivity index (χ4n) is 2.64. The summed E-state index contributed by atoms with van der Waals surface area (Å²) >= 11 is 0. The second-order valence-electron chi connectivity index (χ2n) is 5.00. The van der Waals surface area contributed by atoms with Crippen LogP contribution in [0.25, 0.3) is 10.9 Å². The lowest BCUT2D eigenvalue weighted by molar-refractivity contribution is 0.0955. The van der Waals surface area contributed by atoms with Gasteiger partial charge in [-0.3, -0.25) is 4.79 Å². The number of ether oxygens (including phenoxy) is 1. The average molecular weight is 263 g/mol. The second-order valence-corrected chi connectivity index (χ2v) is 5.00. The zero-order valence-electron chi connectivity index (χ0n) is 10.7. The molecule has 0 saturated carbocycles. The zero-order chi connectivity index (χ0) is 13.5. The van der Waals surface area contributed by atoms with E-state index in [-0.39, 0.29) is 18.0 Å². The molecule has 4 rings (SSSR count). The minimum atomic E-state index is -0.350. The van der Waals surface area contributed by atoms with Crippen LogP contribution < -0.4 is 0 Å². The minimum Gasteiger partial charge on any atom is -0.360 e. The first-order chi connectivity index (χ1) is 9.84. The lowest BCUT2D eigenvalue weighted by Crippen LogP contribution is -2.07. The molecule has 1 aliphatic rings. The fraction of sp³-hybridized carbons (Fsp3) is 0.118. The summed E-state index contributed by atoms with van der Waals surface area (Å²) in [5, 5.41) is 0.958. The van der Waals surface area contributed by atoms with Crippen molar-refractivity contribution in [1.29, 1.82) is 0 Å². The van der Waals surface area contributed by atoms with E-state index in [4.69, 9.17) is 4.74 Å². The number of H-pyrrole nitrogens is 1. The molecular formula is C17H13NO2. The van der Waals surface area contributed by atoms with Crippen LogP contribution in [0.2, 0.25) is 0 Å². The quantitative estimate of drug-likeness (QED) is 0.580. The van der Waals surface area contributed by atoms with Gasteiger partial charge in [0.15, 0.2) is 11.9 Å². The number of epoxide rings is 1. The molecule has 20 heavy (non-hydrogen) atoms. The lowest BCUT2D eigenvalue weighted by Gasteiger charge is -1.96. The Bertz CT molecular complexity index is 776. The van der Waals surface area contributed by atoms with E-state index in [1.165, 1.54) is 0 Å². The summed E-state index contributed by atoms with van der Waals surface area (Å²) < 4.78 is 5.57. The lowest BCUT2D eigenvalue weighted by atomic mass is 10.0. The zero-order valence-corrected chi connectivity index (χ0v) is 10.7. The van der Waals surface area contributed by atoms with E-state index >= 15 is 0 Å². The number of nitrogens with one attached hydrogen (secondary N) is 1. The largest absolute Gasteiger partial charge is 0.360 e. The van der Waals surface area contributed by atoms with Crippen LogP contribution in [0.15, 0.2) is 60.8 Å². The molecule has 1 aliphatic heterocycles. The standard InChI is InChI=1S/C17H13NO2/c19-15(13-10-18-14-9-5-4-8-12(13)14)17-16(20-17)11-6-2-1-3-7-11/h1-10,16-18H/t16-,17+/m0/s1. The SMILES string of the molecule is O=C(c1c[nH]c2ccccc12)[C@H]1O[C@H]1c1ccccc1. The van der Waals surface area contributed by atoms with Gasteiger partial charge in [-0.05, 0) is 11.6 Å². The molecule has 1 fully saturated rings. The Morgan fingerprint density at radius 3 is 2.60 bits per heavy atom. The molecule has 1 aromatic heterocycles. The van der Waals surface area contributed by atoms with E-state index in [1.807, 2.05) is 54.6 Å². The summed E-state index contributed by atoms with van der Waals surface area (Å²) in [5.74, 6) is 0.0521. The van der Waals surface area contributed by atoms with Crippen molar-refractivity contribution < 1.29 is 9.53 Å². The molecule has 0 spiro atoms. The number of hydrogen-bond donors (Lipinski definition) is 1. The maximum Gasteiger partial charge on any atom is 0.196 e. The van der Waals surface area contributed by atoms with Gasteiger partial charge in [-0.1, -0.05) is 48.5 Å². The second kappa shape index (κ2) is 4.32. The Hall–Kier alpha value is -2.39. The highest BCUT2D eigenvalue weighted by molar-refractivity contribution is 6.11. The predicted molar refractivity (Wildman–Crippen MR) is 76.7 cm³/mol. The summed E-state index contributed by atoms with van der Waals surface area (Å²) in [4.78, 5) is 15.7. The molecule has 2 heterocycles. The first-order valence-electron chi connectivity index (χ1n) is 6.65. The molecular weight excluding hydrogens is 250 g/mol. The van der Waals surface area contributed by atoms with Gasteiger partial charge < -0.3 is 9.72 Å². The number of Topliss-reactive ketones (excluding diaryl/α,β-unsaturated/α-hetero) is 1. The van der Waals surface area contributed by atoms with Crippen LogP contribution in [0.3, 0.4) is 0 Å². The molecule has 3 nitrogen and oxygen atoms in total. The third kappa shape index (κ3) is 1.75. The van der Waals surface area contributed by atoms with E-state index in [0.29, 0.717) is 5.56 Å². The van der Waals surface area contributed by atoms with Gasteiger partial charge in [0.25, 0.3) is 0 Å². The van der Waals surface area contributed by atoms with Gasteiger partial charge in [0.1, 0.15) is 6.10 Å². The van der Waals surface area contributed by atoms with Crippen LogP contribution in [0.4, 0.5) is 0 Å². The third-order valence-corrected chi connectivity index (χ3v) is 3.73. The molecule has 3 aromatic rings. The van der Waals surface area contributed by atoms with Crippen molar-refractivity contribution in [3.63, 3.8) is 0 Å². The number of para-hydroxylation sites is 1. The number of rotatable bonds is 3. The molecule has 0 bridgehead atoms. The Kier molecular flexibility index (Phi) is 2.47. The predicted octanol–water partition coefficient (Wildman–Crippen LogP) is 3.49. The maximum absolute atomic E-state index is 12.5. The van der Waals surface area contributed by atoms with Crippen LogP contribution in [-0.4, -0.2) is 16.9 Å². The van der Waals surface area contributed by atoms with E-state index in [0.717, 1.165) is 16.5 Å². The third-order valence-electron chi connectivity index (χ3n) is 3.73. The van der Waals surface area contributed by atoms with Crippen molar-refractivity contribution in [2.45, 2.75) is 12.2 Å². The Balaban J connectivity index is 1.63. The number of benzene rings is 2. The van der Waals surface area contributed by atoms with Gasteiger partial charge in [-0.25, -0.2) is 0 Å². The molecule has 0 aliphatic carbocycles. The van der Waals surface area contributed by atoms with Crippen molar-refractivity contribution in [3.8, 4) is 0 Å². The minimum absolute atomic E-state index is 0.0521. The molecule has 2 aromatic carbocycles. The van der Waals surface area contributed by atoms with Gasteiger partial charge >= 0.3 is 0 Å². The van der Waals surface area contributed by atoms with Crippen molar-refractivity contribution in [3.05, 3.63) is 71.9 Å². The molecule has 0 radical (unpaired) electrons. The maximum atomic E-state index is 12.5. The summed E-state index contributed by atoms with van der Waals surface area (Å²) in [5.41, 5.74) is 2.75. The monoisotopic (exact) mass is 263 g/mol. The number of carbonyl (C=O) groups excluding carboxylic acids is 1. The van der Waals surface area contributed by atoms with Gasteiger partial charge in [0, 0.05) is 22.7 Å².